The van der Waals surface area contributed by atoms with Crippen molar-refractivity contribution in [2.24, 2.45) is 23.7 Å². The number of amides is 2. The summed E-state index contributed by atoms with van der Waals surface area (Å²) in [5.41, 5.74) is 0.610. The molecular formula is C21H18N2O4. The summed E-state index contributed by atoms with van der Waals surface area (Å²) in [5.74, 6) is -0.479. The molecule has 6 nitrogen and oxygen atoms in total. The summed E-state index contributed by atoms with van der Waals surface area (Å²) in [6, 6.07) is 9.08. The number of carbonyl (C=O) groups is 3. The van der Waals surface area contributed by atoms with Crippen LogP contribution in [-0.4, -0.2) is 34.2 Å². The van der Waals surface area contributed by atoms with Crippen molar-refractivity contribution >= 4 is 28.7 Å². The molecule has 2 aliphatic carbocycles. The number of ether oxygens (including phenoxy) is 1. The second-order valence-electron chi connectivity index (χ2n) is 7.38. The molecule has 1 saturated heterocycles. The third kappa shape index (κ3) is 2.47. The van der Waals surface area contributed by atoms with Crippen LogP contribution in [0.3, 0.4) is 0 Å². The fourth-order valence-electron chi connectivity index (χ4n) is 4.72. The number of fused-ring (bicyclic) bond motifs is 6. The van der Waals surface area contributed by atoms with Gasteiger partial charge >= 0.3 is 5.97 Å². The number of esters is 1. The smallest absolute Gasteiger partial charge is 0.313 e. The van der Waals surface area contributed by atoms with Gasteiger partial charge in [0.25, 0.3) is 0 Å². The van der Waals surface area contributed by atoms with Crippen LogP contribution in [0, 0.1) is 23.7 Å². The quantitative estimate of drug-likeness (QED) is 0.361. The van der Waals surface area contributed by atoms with Crippen molar-refractivity contribution in [1.82, 2.24) is 9.88 Å². The van der Waals surface area contributed by atoms with E-state index >= 15 is 0 Å². The molecule has 1 aromatic heterocycles. The van der Waals surface area contributed by atoms with Crippen LogP contribution >= 0.6 is 0 Å². The summed E-state index contributed by atoms with van der Waals surface area (Å²) < 4.78 is 5.44. The van der Waals surface area contributed by atoms with Crippen LogP contribution in [0.15, 0.2) is 48.7 Å². The van der Waals surface area contributed by atoms with E-state index in [1.54, 1.807) is 18.3 Å². The molecule has 27 heavy (non-hydrogen) atoms. The number of benzene rings is 1. The van der Waals surface area contributed by atoms with E-state index in [-0.39, 0.29) is 48.5 Å². The van der Waals surface area contributed by atoms with Crippen molar-refractivity contribution < 1.29 is 19.1 Å². The van der Waals surface area contributed by atoms with E-state index < -0.39 is 5.97 Å². The SMILES string of the molecule is O=C(CCN1C(=O)[C@@H]2[C@@H](C1=O)[C@H]1C=C[C@H]2C1)Oc1cccc2cccnc12. The number of nitrogens with zero attached hydrogens (tertiary/aromatic N) is 2. The summed E-state index contributed by atoms with van der Waals surface area (Å²) in [5, 5.41) is 0.878. The average molecular weight is 362 g/mol. The highest BCUT2D eigenvalue weighted by Gasteiger charge is 2.59. The van der Waals surface area contributed by atoms with E-state index in [1.807, 2.05) is 18.2 Å². The molecule has 3 aliphatic rings. The number of allylic oxidation sites excluding steroid dienone is 2. The first-order chi connectivity index (χ1) is 13.1. The van der Waals surface area contributed by atoms with Crippen molar-refractivity contribution in [3.8, 4) is 5.75 Å². The highest BCUT2D eigenvalue weighted by Crippen LogP contribution is 2.52. The lowest BCUT2D eigenvalue weighted by Crippen LogP contribution is -2.35. The van der Waals surface area contributed by atoms with Gasteiger partial charge in [0.2, 0.25) is 11.8 Å². The summed E-state index contributed by atoms with van der Waals surface area (Å²) in [7, 11) is 0. The minimum absolute atomic E-state index is 0.0249. The molecule has 4 atom stereocenters. The Hall–Kier alpha value is -3.02. The third-order valence-corrected chi connectivity index (χ3v) is 5.92. The zero-order valence-electron chi connectivity index (χ0n) is 14.6. The van der Waals surface area contributed by atoms with Crippen LogP contribution in [-0.2, 0) is 14.4 Å². The predicted molar refractivity (Wildman–Crippen MR) is 96.4 cm³/mol. The number of hydrogen-bond donors (Lipinski definition) is 0. The molecule has 1 aliphatic heterocycles. The Morgan fingerprint density at radius 1 is 1.07 bits per heavy atom. The maximum atomic E-state index is 12.6. The Morgan fingerprint density at radius 3 is 2.52 bits per heavy atom. The predicted octanol–water partition coefficient (Wildman–Crippen LogP) is 2.34. The molecule has 0 N–H and O–H groups in total. The fraction of sp³-hybridized carbons (Fsp3) is 0.333. The van der Waals surface area contributed by atoms with E-state index in [1.165, 1.54) is 4.90 Å². The van der Waals surface area contributed by atoms with Crippen LogP contribution in [0.25, 0.3) is 10.9 Å². The molecule has 5 rings (SSSR count). The second kappa shape index (κ2) is 6.01. The van der Waals surface area contributed by atoms with Crippen LogP contribution in [0.2, 0.25) is 0 Å². The standard InChI is InChI=1S/C21H18N2O4/c24-16(27-15-5-1-3-12-4-2-9-22-19(12)15)8-10-23-20(25)17-13-6-7-14(11-13)18(17)21(23)26/h1-7,9,13-14,17-18H,8,10-11H2/t13-,14-,17-,18-/m0/s1. The lowest BCUT2D eigenvalue weighted by atomic mass is 9.85. The molecule has 0 radical (unpaired) electrons. The van der Waals surface area contributed by atoms with Crippen molar-refractivity contribution in [2.45, 2.75) is 12.8 Å². The normalized spacial score (nSPS) is 28.2. The molecule has 2 amide bonds. The van der Waals surface area contributed by atoms with Crippen molar-refractivity contribution in [2.75, 3.05) is 6.54 Å². The third-order valence-electron chi connectivity index (χ3n) is 5.92. The molecule has 2 fully saturated rings. The number of carbonyl (C=O) groups excluding carboxylic acids is 3. The summed E-state index contributed by atoms with van der Waals surface area (Å²) in [4.78, 5) is 43.1. The van der Waals surface area contributed by atoms with Crippen LogP contribution in [0.4, 0.5) is 0 Å². The van der Waals surface area contributed by atoms with Gasteiger partial charge in [-0.05, 0) is 30.4 Å². The minimum atomic E-state index is -0.480. The van der Waals surface area contributed by atoms with Gasteiger partial charge in [0.1, 0.15) is 5.52 Å². The number of para-hydroxylation sites is 1. The first-order valence-corrected chi connectivity index (χ1v) is 9.21. The Morgan fingerprint density at radius 2 is 1.78 bits per heavy atom. The van der Waals surface area contributed by atoms with E-state index in [0.717, 1.165) is 11.8 Å². The summed E-state index contributed by atoms with van der Waals surface area (Å²) >= 11 is 0. The molecule has 2 aromatic rings. The lowest BCUT2D eigenvalue weighted by Gasteiger charge is -2.16. The van der Waals surface area contributed by atoms with Crippen molar-refractivity contribution in [3.63, 3.8) is 0 Å². The number of likely N-dealkylation sites (tertiary alicyclic amines) is 1. The molecule has 136 valence electrons. The van der Waals surface area contributed by atoms with E-state index in [2.05, 4.69) is 17.1 Å². The van der Waals surface area contributed by atoms with Crippen LogP contribution in [0.5, 0.6) is 5.75 Å². The molecule has 0 unspecified atom stereocenters. The highest BCUT2D eigenvalue weighted by molar-refractivity contribution is 6.06. The van der Waals surface area contributed by atoms with Gasteiger partial charge in [0.05, 0.1) is 18.3 Å². The fourth-order valence-corrected chi connectivity index (χ4v) is 4.72. The average Bonchev–Trinajstić information content (AvgIpc) is 3.35. The van der Waals surface area contributed by atoms with Crippen molar-refractivity contribution in [1.29, 1.82) is 0 Å². The maximum absolute atomic E-state index is 12.6. The van der Waals surface area contributed by atoms with Crippen molar-refractivity contribution in [3.05, 3.63) is 48.7 Å². The molecule has 2 heterocycles. The molecule has 1 saturated carbocycles. The number of imide groups is 1. The zero-order valence-corrected chi connectivity index (χ0v) is 14.6. The molecule has 1 aromatic carbocycles. The van der Waals surface area contributed by atoms with Gasteiger partial charge in [-0.25, -0.2) is 0 Å². The number of pyridine rings is 1. The van der Waals surface area contributed by atoms with Gasteiger partial charge < -0.3 is 4.74 Å². The topological polar surface area (TPSA) is 76.6 Å². The second-order valence-corrected chi connectivity index (χ2v) is 7.38. The zero-order chi connectivity index (χ0) is 18.5. The molecule has 0 spiro atoms. The number of hydrogen-bond acceptors (Lipinski definition) is 5. The summed E-state index contributed by atoms with van der Waals surface area (Å²) in [6.45, 7) is 0.0706. The number of aromatic nitrogens is 1. The monoisotopic (exact) mass is 362 g/mol. The van der Waals surface area contributed by atoms with Gasteiger partial charge in [-0.15, -0.1) is 0 Å². The first kappa shape index (κ1) is 16.2. The number of rotatable bonds is 4. The Labute approximate surface area is 155 Å². The molecule has 6 heteroatoms. The Kier molecular flexibility index (Phi) is 3.60. The van der Waals surface area contributed by atoms with E-state index in [9.17, 15) is 14.4 Å². The van der Waals surface area contributed by atoms with E-state index in [4.69, 9.17) is 4.74 Å². The van der Waals surface area contributed by atoms with Gasteiger partial charge in [0.15, 0.2) is 5.75 Å². The maximum Gasteiger partial charge on any atom is 0.313 e. The summed E-state index contributed by atoms with van der Waals surface area (Å²) in [6.07, 6.45) is 6.63. The first-order valence-electron chi connectivity index (χ1n) is 9.21. The van der Waals surface area contributed by atoms with Crippen LogP contribution in [0.1, 0.15) is 12.8 Å². The van der Waals surface area contributed by atoms with E-state index in [0.29, 0.717) is 11.3 Å². The van der Waals surface area contributed by atoms with Gasteiger partial charge in [-0.2, -0.15) is 0 Å². The highest BCUT2D eigenvalue weighted by atomic mass is 16.5. The largest absolute Gasteiger partial charge is 0.424 e. The van der Waals surface area contributed by atoms with Crippen LogP contribution < -0.4 is 4.74 Å². The van der Waals surface area contributed by atoms with Gasteiger partial charge in [-0.1, -0.05) is 30.4 Å². The lowest BCUT2D eigenvalue weighted by molar-refractivity contribution is -0.142. The Balaban J connectivity index is 1.26. The Bertz CT molecular complexity index is 963. The molecular weight excluding hydrogens is 344 g/mol. The van der Waals surface area contributed by atoms with Gasteiger partial charge in [0, 0.05) is 18.1 Å². The van der Waals surface area contributed by atoms with Gasteiger partial charge in [-0.3, -0.25) is 24.3 Å². The molecule has 2 bridgehead atoms. The minimum Gasteiger partial charge on any atom is -0.424 e.